The first-order chi connectivity index (χ1) is 11.7. The van der Waals surface area contributed by atoms with E-state index < -0.39 is 0 Å². The van der Waals surface area contributed by atoms with Crippen molar-refractivity contribution in [2.45, 2.75) is 44.2 Å². The molecule has 2 aliphatic rings. The number of aliphatic hydroxyl groups is 1. The summed E-state index contributed by atoms with van der Waals surface area (Å²) >= 11 is 0. The van der Waals surface area contributed by atoms with Crippen molar-refractivity contribution in [3.05, 3.63) is 18.5 Å². The zero-order valence-corrected chi connectivity index (χ0v) is 14.0. The van der Waals surface area contributed by atoms with Gasteiger partial charge in [0.1, 0.15) is 0 Å². The van der Waals surface area contributed by atoms with Gasteiger partial charge in [-0.15, -0.1) is 0 Å². The Kier molecular flexibility index (Phi) is 5.98. The van der Waals surface area contributed by atoms with Gasteiger partial charge in [-0.1, -0.05) is 0 Å². The molecule has 1 aliphatic heterocycles. The van der Waals surface area contributed by atoms with Crippen LogP contribution in [0.5, 0.6) is 0 Å². The molecule has 0 spiro atoms. The van der Waals surface area contributed by atoms with Crippen LogP contribution in [-0.2, 0) is 4.79 Å². The molecule has 7 heteroatoms. The molecule has 7 nitrogen and oxygen atoms in total. The average molecular weight is 333 g/mol. The fourth-order valence-electron chi connectivity index (χ4n) is 3.55. The Labute approximate surface area is 142 Å². The van der Waals surface area contributed by atoms with Crippen LogP contribution in [0.3, 0.4) is 0 Å². The summed E-state index contributed by atoms with van der Waals surface area (Å²) in [7, 11) is 0. The number of amides is 1. The molecule has 0 radical (unpaired) electrons. The predicted molar refractivity (Wildman–Crippen MR) is 91.5 cm³/mol. The fraction of sp³-hybridized carbons (Fsp3) is 0.706. The number of nitrogens with one attached hydrogen (secondary N) is 2. The fourth-order valence-corrected chi connectivity index (χ4v) is 3.55. The van der Waals surface area contributed by atoms with Crippen molar-refractivity contribution in [2.75, 3.05) is 31.5 Å². The maximum atomic E-state index is 12.3. The monoisotopic (exact) mass is 333 g/mol. The number of anilines is 1. The van der Waals surface area contributed by atoms with E-state index in [1.165, 1.54) is 0 Å². The lowest BCUT2D eigenvalue weighted by molar-refractivity contribution is -0.126. The van der Waals surface area contributed by atoms with Crippen LogP contribution in [0.2, 0.25) is 0 Å². The lowest BCUT2D eigenvalue weighted by Crippen LogP contribution is -2.39. The molecule has 0 unspecified atom stereocenters. The minimum absolute atomic E-state index is 0.115. The van der Waals surface area contributed by atoms with Gasteiger partial charge in [-0.3, -0.25) is 9.69 Å². The number of β-amino-alcohol motifs (C(OH)–C–C–N with tert-alkyl or cyclic N) is 1. The largest absolute Gasteiger partial charge is 0.392 e. The number of aromatic nitrogens is 2. The van der Waals surface area contributed by atoms with E-state index in [9.17, 15) is 9.90 Å². The van der Waals surface area contributed by atoms with Gasteiger partial charge >= 0.3 is 0 Å². The van der Waals surface area contributed by atoms with Crippen molar-refractivity contribution in [3.63, 3.8) is 0 Å². The maximum Gasteiger partial charge on any atom is 0.223 e. The first-order valence-corrected chi connectivity index (χ1v) is 8.92. The van der Waals surface area contributed by atoms with E-state index >= 15 is 0 Å². The molecule has 1 amide bonds. The number of hydrogen-bond donors (Lipinski definition) is 3. The molecule has 2 fully saturated rings. The molecule has 3 N–H and O–H groups in total. The van der Waals surface area contributed by atoms with Crippen molar-refractivity contribution in [1.82, 2.24) is 20.2 Å². The standard InChI is InChI=1S/C17H27N5O2/c23-15-6-10-22(12-15)11-9-18-16(24)13-2-4-14(5-3-13)21-17-19-7-1-8-20-17/h1,7-8,13-15,23H,2-6,9-12H2,(H,18,24)(H,19,20,21)/t13?,14?,15-/m1/s1. The van der Waals surface area contributed by atoms with Gasteiger partial charge in [0.2, 0.25) is 11.9 Å². The summed E-state index contributed by atoms with van der Waals surface area (Å²) in [6.45, 7) is 3.15. The molecule has 1 aromatic rings. The van der Waals surface area contributed by atoms with Gasteiger partial charge in [-0.05, 0) is 38.2 Å². The Morgan fingerprint density at radius 1 is 1.21 bits per heavy atom. The summed E-state index contributed by atoms with van der Waals surface area (Å²) < 4.78 is 0. The normalized spacial score (nSPS) is 27.8. The summed E-state index contributed by atoms with van der Waals surface area (Å²) in [5.74, 6) is 0.950. The van der Waals surface area contributed by atoms with Crippen molar-refractivity contribution in [1.29, 1.82) is 0 Å². The minimum atomic E-state index is -0.197. The predicted octanol–water partition coefficient (Wildman–Crippen LogP) is 0.630. The molecule has 1 saturated carbocycles. The SMILES string of the molecule is O=C(NCCN1CC[C@@H](O)C1)C1CCC(Nc2ncccn2)CC1. The number of likely N-dealkylation sites (tertiary alicyclic amines) is 1. The lowest BCUT2D eigenvalue weighted by Gasteiger charge is -2.28. The van der Waals surface area contributed by atoms with E-state index in [-0.39, 0.29) is 17.9 Å². The van der Waals surface area contributed by atoms with Crippen molar-refractivity contribution < 1.29 is 9.90 Å². The smallest absolute Gasteiger partial charge is 0.223 e. The van der Waals surface area contributed by atoms with Crippen LogP contribution in [0.4, 0.5) is 5.95 Å². The number of rotatable bonds is 6. The summed E-state index contributed by atoms with van der Waals surface area (Å²) in [4.78, 5) is 22.9. The Morgan fingerprint density at radius 2 is 1.96 bits per heavy atom. The highest BCUT2D eigenvalue weighted by atomic mass is 16.3. The van der Waals surface area contributed by atoms with Crippen LogP contribution in [0.15, 0.2) is 18.5 Å². The molecular formula is C17H27N5O2. The highest BCUT2D eigenvalue weighted by Crippen LogP contribution is 2.26. The highest BCUT2D eigenvalue weighted by Gasteiger charge is 2.26. The van der Waals surface area contributed by atoms with E-state index in [4.69, 9.17) is 0 Å². The molecular weight excluding hydrogens is 306 g/mol. The summed E-state index contributed by atoms with van der Waals surface area (Å²) in [5.41, 5.74) is 0. The number of carbonyl (C=O) groups excluding carboxylic acids is 1. The lowest BCUT2D eigenvalue weighted by atomic mass is 9.85. The van der Waals surface area contributed by atoms with Crippen molar-refractivity contribution >= 4 is 11.9 Å². The zero-order valence-electron chi connectivity index (χ0n) is 14.0. The van der Waals surface area contributed by atoms with Gasteiger partial charge < -0.3 is 15.7 Å². The topological polar surface area (TPSA) is 90.4 Å². The molecule has 132 valence electrons. The Hall–Kier alpha value is -1.73. The van der Waals surface area contributed by atoms with Gasteiger partial charge in [-0.25, -0.2) is 9.97 Å². The third kappa shape index (κ3) is 4.88. The Balaban J connectivity index is 1.33. The van der Waals surface area contributed by atoms with E-state index in [1.54, 1.807) is 18.5 Å². The molecule has 1 saturated heterocycles. The quantitative estimate of drug-likeness (QED) is 0.707. The molecule has 1 atom stereocenters. The molecule has 3 rings (SSSR count). The molecule has 1 aromatic heterocycles. The van der Waals surface area contributed by atoms with Crippen LogP contribution in [0.25, 0.3) is 0 Å². The second-order valence-electron chi connectivity index (χ2n) is 6.80. The minimum Gasteiger partial charge on any atom is -0.392 e. The van der Waals surface area contributed by atoms with Gasteiger partial charge in [0.15, 0.2) is 0 Å². The van der Waals surface area contributed by atoms with Crippen LogP contribution in [0.1, 0.15) is 32.1 Å². The molecule has 24 heavy (non-hydrogen) atoms. The van der Waals surface area contributed by atoms with Crippen LogP contribution in [-0.4, -0.2) is 64.2 Å². The van der Waals surface area contributed by atoms with Gasteiger partial charge in [0.05, 0.1) is 6.10 Å². The Bertz CT molecular complexity index is 519. The van der Waals surface area contributed by atoms with Crippen LogP contribution >= 0.6 is 0 Å². The van der Waals surface area contributed by atoms with E-state index in [1.807, 2.05) is 0 Å². The molecule has 0 aromatic carbocycles. The highest BCUT2D eigenvalue weighted by molar-refractivity contribution is 5.78. The van der Waals surface area contributed by atoms with Gasteiger partial charge in [-0.2, -0.15) is 0 Å². The second kappa shape index (κ2) is 8.39. The first-order valence-electron chi connectivity index (χ1n) is 8.92. The zero-order chi connectivity index (χ0) is 16.8. The Morgan fingerprint density at radius 3 is 2.62 bits per heavy atom. The maximum absolute atomic E-state index is 12.3. The van der Waals surface area contributed by atoms with Crippen molar-refractivity contribution in [2.24, 2.45) is 5.92 Å². The summed E-state index contributed by atoms with van der Waals surface area (Å²) in [6.07, 6.45) is 7.84. The number of carbonyl (C=O) groups is 1. The van der Waals surface area contributed by atoms with Gasteiger partial charge in [0, 0.05) is 50.5 Å². The summed E-state index contributed by atoms with van der Waals surface area (Å²) in [5, 5.41) is 15.9. The number of nitrogens with zero attached hydrogens (tertiary/aromatic N) is 3. The van der Waals surface area contributed by atoms with Gasteiger partial charge in [0.25, 0.3) is 0 Å². The van der Waals surface area contributed by atoms with Crippen LogP contribution < -0.4 is 10.6 Å². The molecule has 0 bridgehead atoms. The average Bonchev–Trinajstić information content (AvgIpc) is 3.02. The first kappa shape index (κ1) is 17.1. The van der Waals surface area contributed by atoms with E-state index in [2.05, 4.69) is 25.5 Å². The number of hydrogen-bond acceptors (Lipinski definition) is 6. The third-order valence-corrected chi connectivity index (χ3v) is 4.97. The third-order valence-electron chi connectivity index (χ3n) is 4.97. The van der Waals surface area contributed by atoms with Crippen LogP contribution in [0, 0.1) is 5.92 Å². The number of aliphatic hydroxyl groups excluding tert-OH is 1. The van der Waals surface area contributed by atoms with E-state index in [0.29, 0.717) is 18.5 Å². The molecule has 1 aliphatic carbocycles. The van der Waals surface area contributed by atoms with Crippen molar-refractivity contribution in [3.8, 4) is 0 Å². The summed E-state index contributed by atoms with van der Waals surface area (Å²) in [6, 6.07) is 2.15. The molecule has 2 heterocycles. The second-order valence-corrected chi connectivity index (χ2v) is 6.80. The van der Waals surface area contributed by atoms with E-state index in [0.717, 1.165) is 51.7 Å².